The summed E-state index contributed by atoms with van der Waals surface area (Å²) in [6.45, 7) is 1.27. The second kappa shape index (κ2) is 4.60. The van der Waals surface area contributed by atoms with Gasteiger partial charge < -0.3 is 10.0 Å². The number of carboxylic acids is 1. The van der Waals surface area contributed by atoms with Gasteiger partial charge >= 0.3 is 5.97 Å². The highest BCUT2D eigenvalue weighted by Gasteiger charge is 2.47. The number of nitrogens with zero attached hydrogens (tertiary/aromatic N) is 1. The third-order valence-corrected chi connectivity index (χ3v) is 3.41. The fourth-order valence-corrected chi connectivity index (χ4v) is 2.13. The van der Waals surface area contributed by atoms with Crippen molar-refractivity contribution in [2.45, 2.75) is 31.3 Å². The molecule has 1 aliphatic carbocycles. The van der Waals surface area contributed by atoms with Crippen molar-refractivity contribution in [3.05, 3.63) is 35.4 Å². The first kappa shape index (κ1) is 13.5. The molecule has 6 heteroatoms. The molecule has 1 saturated carbocycles. The monoisotopic (exact) mass is 269 g/mol. The van der Waals surface area contributed by atoms with Crippen LogP contribution in [0.3, 0.4) is 0 Å². The highest BCUT2D eigenvalue weighted by molar-refractivity contribution is 5.83. The highest BCUT2D eigenvalue weighted by atomic mass is 19.1. The summed E-state index contributed by atoms with van der Waals surface area (Å²) >= 11 is 0. The Bertz CT molecular complexity index is 510. The first-order valence-corrected chi connectivity index (χ1v) is 5.83. The average molecular weight is 269 g/mol. The molecule has 1 aliphatic rings. The number of halogens is 2. The third kappa shape index (κ3) is 2.30. The molecule has 0 radical (unpaired) electrons. The Hall–Kier alpha value is -1.98. The summed E-state index contributed by atoms with van der Waals surface area (Å²) < 4.78 is 26.5. The number of benzene rings is 1. The van der Waals surface area contributed by atoms with Crippen LogP contribution in [-0.4, -0.2) is 28.4 Å². The normalized spacial score (nSPS) is 17.6. The summed E-state index contributed by atoms with van der Waals surface area (Å²) in [7, 11) is 0. The van der Waals surface area contributed by atoms with Crippen molar-refractivity contribution in [2.24, 2.45) is 0 Å². The van der Waals surface area contributed by atoms with Gasteiger partial charge in [0.1, 0.15) is 11.6 Å². The molecule has 19 heavy (non-hydrogen) atoms. The molecule has 1 aromatic carbocycles. The van der Waals surface area contributed by atoms with Crippen molar-refractivity contribution in [1.29, 1.82) is 0 Å². The van der Waals surface area contributed by atoms with Crippen molar-refractivity contribution in [3.8, 4) is 0 Å². The fourth-order valence-electron chi connectivity index (χ4n) is 2.13. The van der Waals surface area contributed by atoms with E-state index in [-0.39, 0.29) is 11.6 Å². The second-order valence-electron chi connectivity index (χ2n) is 4.78. The summed E-state index contributed by atoms with van der Waals surface area (Å²) in [6, 6.07) is 2.35. The van der Waals surface area contributed by atoms with E-state index in [0.29, 0.717) is 25.3 Å². The van der Waals surface area contributed by atoms with Crippen LogP contribution < -0.4 is 0 Å². The van der Waals surface area contributed by atoms with Gasteiger partial charge in [-0.05, 0) is 37.5 Å². The molecule has 1 aromatic rings. The summed E-state index contributed by atoms with van der Waals surface area (Å²) in [5.41, 5.74) is -1.86. The van der Waals surface area contributed by atoms with Gasteiger partial charge in [0.25, 0.3) is 0 Å². The summed E-state index contributed by atoms with van der Waals surface area (Å²) in [6.07, 6.45) is 1.81. The quantitative estimate of drug-likeness (QED) is 0.830. The Morgan fingerprint density at radius 1 is 1.37 bits per heavy atom. The van der Waals surface area contributed by atoms with Gasteiger partial charge in [0.05, 0.1) is 0 Å². The van der Waals surface area contributed by atoms with Gasteiger partial charge in [-0.3, -0.25) is 4.79 Å². The number of carbonyl (C=O) groups is 2. The van der Waals surface area contributed by atoms with Crippen LogP contribution in [0.4, 0.5) is 8.78 Å². The maximum Gasteiger partial charge on any atom is 0.334 e. The lowest BCUT2D eigenvalue weighted by Gasteiger charge is -2.35. The van der Waals surface area contributed by atoms with E-state index in [2.05, 4.69) is 0 Å². The Kier molecular flexibility index (Phi) is 3.26. The lowest BCUT2D eigenvalue weighted by molar-refractivity contribution is -0.155. The van der Waals surface area contributed by atoms with Crippen LogP contribution in [0.1, 0.15) is 25.3 Å². The van der Waals surface area contributed by atoms with Crippen molar-refractivity contribution in [3.63, 3.8) is 0 Å². The Balaban J connectivity index is 2.54. The van der Waals surface area contributed by atoms with Crippen molar-refractivity contribution in [2.75, 3.05) is 0 Å². The Labute approximate surface area is 108 Å². The molecular formula is C13H13F2NO3. The minimum Gasteiger partial charge on any atom is -0.479 e. The topological polar surface area (TPSA) is 57.6 Å². The molecular weight excluding hydrogens is 256 g/mol. The predicted molar refractivity (Wildman–Crippen MR) is 62.3 cm³/mol. The van der Waals surface area contributed by atoms with Gasteiger partial charge in [0.2, 0.25) is 6.41 Å². The lowest BCUT2D eigenvalue weighted by atomic mass is 9.90. The molecule has 0 saturated heterocycles. The molecule has 1 atom stereocenters. The molecule has 0 aliphatic heterocycles. The van der Waals surface area contributed by atoms with Gasteiger partial charge in [0.15, 0.2) is 5.54 Å². The number of hydrogen-bond acceptors (Lipinski definition) is 2. The second-order valence-corrected chi connectivity index (χ2v) is 4.78. The van der Waals surface area contributed by atoms with E-state index in [1.54, 1.807) is 0 Å². The van der Waals surface area contributed by atoms with Crippen LogP contribution in [0.2, 0.25) is 0 Å². The molecule has 1 fully saturated rings. The maximum absolute atomic E-state index is 13.3. The third-order valence-electron chi connectivity index (χ3n) is 3.41. The molecule has 0 aromatic heterocycles. The zero-order valence-electron chi connectivity index (χ0n) is 10.3. The van der Waals surface area contributed by atoms with Gasteiger partial charge in [-0.2, -0.15) is 0 Å². The maximum atomic E-state index is 13.3. The summed E-state index contributed by atoms with van der Waals surface area (Å²) in [5, 5.41) is 9.40. The highest BCUT2D eigenvalue weighted by Crippen LogP contribution is 2.38. The van der Waals surface area contributed by atoms with E-state index >= 15 is 0 Å². The van der Waals surface area contributed by atoms with Crippen molar-refractivity contribution >= 4 is 12.4 Å². The SMILES string of the molecule is CC(C(=O)O)(c1cc(F)cc(F)c1)N(C=O)C1CC1. The molecule has 1 amide bonds. The van der Waals surface area contributed by atoms with Gasteiger partial charge in [0, 0.05) is 12.1 Å². The zero-order chi connectivity index (χ0) is 14.2. The van der Waals surface area contributed by atoms with E-state index in [1.165, 1.54) is 6.92 Å². The number of rotatable bonds is 5. The van der Waals surface area contributed by atoms with E-state index in [0.717, 1.165) is 17.0 Å². The molecule has 0 heterocycles. The summed E-state index contributed by atoms with van der Waals surface area (Å²) in [4.78, 5) is 23.8. The number of carboxylic acid groups (broad SMARTS) is 1. The first-order chi connectivity index (χ1) is 8.89. The van der Waals surface area contributed by atoms with E-state index in [9.17, 15) is 23.5 Å². The van der Waals surface area contributed by atoms with E-state index < -0.39 is 23.1 Å². The molecule has 1 N–H and O–H groups in total. The van der Waals surface area contributed by atoms with Crippen molar-refractivity contribution < 1.29 is 23.5 Å². The van der Waals surface area contributed by atoms with Gasteiger partial charge in [-0.25, -0.2) is 13.6 Å². The lowest BCUT2D eigenvalue weighted by Crippen LogP contribution is -2.50. The molecule has 0 bridgehead atoms. The largest absolute Gasteiger partial charge is 0.479 e. The van der Waals surface area contributed by atoms with Crippen LogP contribution in [0.15, 0.2) is 18.2 Å². The van der Waals surface area contributed by atoms with Crippen LogP contribution >= 0.6 is 0 Å². The summed E-state index contributed by atoms with van der Waals surface area (Å²) in [5.74, 6) is -3.07. The van der Waals surface area contributed by atoms with Crippen molar-refractivity contribution in [1.82, 2.24) is 4.90 Å². The number of hydrogen-bond donors (Lipinski definition) is 1. The minimum atomic E-state index is -1.77. The van der Waals surface area contributed by atoms with Crippen LogP contribution in [-0.2, 0) is 15.1 Å². The predicted octanol–water partition coefficient (Wildman–Crippen LogP) is 1.89. The molecule has 2 rings (SSSR count). The minimum absolute atomic E-state index is 0.0866. The zero-order valence-corrected chi connectivity index (χ0v) is 10.3. The molecule has 0 spiro atoms. The Morgan fingerprint density at radius 2 is 1.89 bits per heavy atom. The number of carbonyl (C=O) groups excluding carboxylic acids is 1. The van der Waals surface area contributed by atoms with Gasteiger partial charge in [-0.1, -0.05) is 0 Å². The van der Waals surface area contributed by atoms with Crippen LogP contribution in [0, 0.1) is 11.6 Å². The number of amides is 1. The van der Waals surface area contributed by atoms with Crippen LogP contribution in [0.25, 0.3) is 0 Å². The molecule has 4 nitrogen and oxygen atoms in total. The van der Waals surface area contributed by atoms with Crippen LogP contribution in [0.5, 0.6) is 0 Å². The molecule has 1 unspecified atom stereocenters. The number of aliphatic carboxylic acids is 1. The van der Waals surface area contributed by atoms with E-state index in [4.69, 9.17) is 0 Å². The standard InChI is InChI=1S/C13H13F2NO3/c1-13(12(18)19,16(7-17)11-2-3-11)8-4-9(14)6-10(15)5-8/h4-7,11H,2-3H2,1H3,(H,18,19). The Morgan fingerprint density at radius 3 is 2.26 bits per heavy atom. The first-order valence-electron chi connectivity index (χ1n) is 5.83. The molecule has 102 valence electrons. The average Bonchev–Trinajstić information content (AvgIpc) is 3.12. The van der Waals surface area contributed by atoms with E-state index in [1.807, 2.05) is 0 Å². The smallest absolute Gasteiger partial charge is 0.334 e. The fraction of sp³-hybridized carbons (Fsp3) is 0.385. The van der Waals surface area contributed by atoms with Gasteiger partial charge in [-0.15, -0.1) is 0 Å².